The molecule has 37 heavy (non-hydrogen) atoms. The average Bonchev–Trinajstić information content (AvgIpc) is 3.38. The second kappa shape index (κ2) is 10.9. The third-order valence-electron chi connectivity index (χ3n) is 7.15. The molecule has 0 spiro atoms. The number of rotatable bonds is 9. The quantitative estimate of drug-likeness (QED) is 0.394. The number of ether oxygens (including phenoxy) is 1. The van der Waals surface area contributed by atoms with E-state index in [1.165, 1.54) is 17.0 Å². The molecule has 0 unspecified atom stereocenters. The first-order valence-electron chi connectivity index (χ1n) is 12.2. The first kappa shape index (κ1) is 25.2. The molecule has 0 N–H and O–H groups in total. The van der Waals surface area contributed by atoms with Gasteiger partial charge in [-0.1, -0.05) is 18.2 Å². The number of halogens is 3. The molecule has 3 aromatic rings. The SMILES string of the molecule is CN(c1ccccc1N(C=O)Cc1ccc(-c2nnc(C(F)F)o2)cc1F)C1CCN(C2COC2)CC1. The van der Waals surface area contributed by atoms with Crippen LogP contribution in [-0.4, -0.2) is 66.9 Å². The Morgan fingerprint density at radius 1 is 1.11 bits per heavy atom. The van der Waals surface area contributed by atoms with Gasteiger partial charge in [-0.05, 0) is 37.1 Å². The minimum absolute atomic E-state index is 0.00723. The molecule has 0 atom stereocenters. The zero-order chi connectivity index (χ0) is 25.9. The number of carbonyl (C=O) groups is 1. The fraction of sp³-hybridized carbons (Fsp3) is 0.423. The number of amides is 1. The van der Waals surface area contributed by atoms with Crippen LogP contribution < -0.4 is 9.80 Å². The summed E-state index contributed by atoms with van der Waals surface area (Å²) in [7, 11) is 2.03. The van der Waals surface area contributed by atoms with E-state index in [0.717, 1.165) is 50.9 Å². The van der Waals surface area contributed by atoms with Crippen molar-refractivity contribution in [1.82, 2.24) is 15.1 Å². The zero-order valence-corrected chi connectivity index (χ0v) is 20.4. The number of anilines is 2. The minimum atomic E-state index is -2.91. The van der Waals surface area contributed by atoms with Crippen molar-refractivity contribution in [3.63, 3.8) is 0 Å². The van der Waals surface area contributed by atoms with Gasteiger partial charge in [-0.15, -0.1) is 10.2 Å². The number of aromatic nitrogens is 2. The molecule has 2 saturated heterocycles. The van der Waals surface area contributed by atoms with Gasteiger partial charge in [0.1, 0.15) is 5.82 Å². The van der Waals surface area contributed by atoms with Crippen LogP contribution in [0.15, 0.2) is 46.9 Å². The summed E-state index contributed by atoms with van der Waals surface area (Å²) in [6.45, 7) is 3.60. The number of hydrogen-bond donors (Lipinski definition) is 0. The molecular formula is C26H28F3N5O3. The Kier molecular flexibility index (Phi) is 7.43. The maximum atomic E-state index is 15.0. The Morgan fingerprint density at radius 2 is 1.84 bits per heavy atom. The van der Waals surface area contributed by atoms with Crippen molar-refractivity contribution in [3.05, 3.63) is 59.7 Å². The average molecular weight is 516 g/mol. The van der Waals surface area contributed by atoms with Crippen molar-refractivity contribution < 1.29 is 27.1 Å². The van der Waals surface area contributed by atoms with Crippen LogP contribution in [0.4, 0.5) is 24.5 Å². The van der Waals surface area contributed by atoms with E-state index in [1.807, 2.05) is 31.3 Å². The molecule has 0 aliphatic carbocycles. The second-order valence-electron chi connectivity index (χ2n) is 9.34. The van der Waals surface area contributed by atoms with Gasteiger partial charge in [0.25, 0.3) is 5.89 Å². The van der Waals surface area contributed by atoms with Crippen LogP contribution in [0.3, 0.4) is 0 Å². The second-order valence-corrected chi connectivity index (χ2v) is 9.34. The summed E-state index contributed by atoms with van der Waals surface area (Å²) in [5.74, 6) is -1.63. The summed E-state index contributed by atoms with van der Waals surface area (Å²) >= 11 is 0. The molecule has 0 bridgehead atoms. The molecule has 1 amide bonds. The summed E-state index contributed by atoms with van der Waals surface area (Å²) in [5, 5.41) is 6.83. The molecule has 0 saturated carbocycles. The van der Waals surface area contributed by atoms with E-state index >= 15 is 0 Å². The number of carbonyl (C=O) groups excluding carboxylic acids is 1. The normalized spacial score (nSPS) is 17.1. The smallest absolute Gasteiger partial charge is 0.314 e. The van der Waals surface area contributed by atoms with Crippen LogP contribution >= 0.6 is 0 Å². The van der Waals surface area contributed by atoms with Crippen molar-refractivity contribution in [1.29, 1.82) is 0 Å². The summed E-state index contributed by atoms with van der Waals surface area (Å²) < 4.78 is 50.7. The topological polar surface area (TPSA) is 74.9 Å². The van der Waals surface area contributed by atoms with E-state index in [4.69, 9.17) is 9.15 Å². The van der Waals surface area contributed by atoms with E-state index in [1.54, 1.807) is 0 Å². The Balaban J connectivity index is 1.31. The third kappa shape index (κ3) is 5.33. The van der Waals surface area contributed by atoms with Crippen LogP contribution in [-0.2, 0) is 16.1 Å². The van der Waals surface area contributed by atoms with Gasteiger partial charge in [-0.25, -0.2) is 4.39 Å². The molecule has 196 valence electrons. The van der Waals surface area contributed by atoms with Gasteiger partial charge in [-0.3, -0.25) is 9.69 Å². The fourth-order valence-electron chi connectivity index (χ4n) is 4.89. The van der Waals surface area contributed by atoms with Gasteiger partial charge in [-0.2, -0.15) is 8.78 Å². The van der Waals surface area contributed by atoms with Gasteiger partial charge in [0.05, 0.1) is 37.2 Å². The molecule has 2 fully saturated rings. The Hall–Kier alpha value is -3.44. The maximum absolute atomic E-state index is 15.0. The van der Waals surface area contributed by atoms with E-state index in [-0.39, 0.29) is 23.6 Å². The Morgan fingerprint density at radius 3 is 2.43 bits per heavy atom. The lowest BCUT2D eigenvalue weighted by atomic mass is 10.00. The maximum Gasteiger partial charge on any atom is 0.314 e. The molecule has 11 heteroatoms. The lowest BCUT2D eigenvalue weighted by Crippen LogP contribution is -2.54. The number of alkyl halides is 2. The number of piperidine rings is 1. The van der Waals surface area contributed by atoms with Gasteiger partial charge >= 0.3 is 6.43 Å². The van der Waals surface area contributed by atoms with Crippen molar-refractivity contribution in [2.75, 3.05) is 43.2 Å². The lowest BCUT2D eigenvalue weighted by Gasteiger charge is -2.44. The van der Waals surface area contributed by atoms with Crippen molar-refractivity contribution in [3.8, 4) is 11.5 Å². The van der Waals surface area contributed by atoms with Gasteiger partial charge in [0.2, 0.25) is 12.3 Å². The van der Waals surface area contributed by atoms with Crippen LogP contribution in [0, 0.1) is 5.82 Å². The predicted octanol–water partition coefficient (Wildman–Crippen LogP) is 4.28. The largest absolute Gasteiger partial charge is 0.415 e. The number of likely N-dealkylation sites (tertiary alicyclic amines) is 1. The van der Waals surface area contributed by atoms with Crippen molar-refractivity contribution >= 4 is 17.8 Å². The third-order valence-corrected chi connectivity index (χ3v) is 7.15. The monoisotopic (exact) mass is 515 g/mol. The van der Waals surface area contributed by atoms with Gasteiger partial charge in [0.15, 0.2) is 0 Å². The summed E-state index contributed by atoms with van der Waals surface area (Å²) in [4.78, 5) is 18.3. The highest BCUT2D eigenvalue weighted by Crippen LogP contribution is 2.33. The molecular weight excluding hydrogens is 487 g/mol. The number of nitrogens with zero attached hydrogens (tertiary/aromatic N) is 5. The first-order chi connectivity index (χ1) is 17.9. The van der Waals surface area contributed by atoms with Gasteiger partial charge in [0, 0.05) is 37.3 Å². The highest BCUT2D eigenvalue weighted by Gasteiger charge is 2.31. The van der Waals surface area contributed by atoms with Crippen LogP contribution in [0.25, 0.3) is 11.5 Å². The minimum Gasteiger partial charge on any atom is -0.415 e. The molecule has 5 rings (SSSR count). The first-order valence-corrected chi connectivity index (χ1v) is 12.2. The molecule has 2 aliphatic heterocycles. The van der Waals surface area contributed by atoms with Crippen molar-refractivity contribution in [2.24, 2.45) is 0 Å². The summed E-state index contributed by atoms with van der Waals surface area (Å²) in [5.41, 5.74) is 2.01. The molecule has 3 heterocycles. The summed E-state index contributed by atoms with van der Waals surface area (Å²) in [6, 6.07) is 12.5. The van der Waals surface area contributed by atoms with E-state index in [9.17, 15) is 18.0 Å². The molecule has 2 aromatic carbocycles. The molecule has 0 radical (unpaired) electrons. The summed E-state index contributed by atoms with van der Waals surface area (Å²) in [6.07, 6.45) is -0.218. The highest BCUT2D eigenvalue weighted by molar-refractivity contribution is 5.84. The standard InChI is InChI=1S/C26H28F3N5O3/c1-32(19-8-10-33(11-9-19)20-14-36-15-20)22-4-2-3-5-23(22)34(16-35)13-18-7-6-17(12-21(18)27)25-30-31-26(37-25)24(28)29/h2-7,12,16,19-20,24H,8-11,13-15H2,1H3. The Bertz CT molecular complexity index is 1230. The fourth-order valence-corrected chi connectivity index (χ4v) is 4.89. The van der Waals surface area contributed by atoms with E-state index in [2.05, 4.69) is 20.0 Å². The highest BCUT2D eigenvalue weighted by atomic mass is 19.3. The van der Waals surface area contributed by atoms with Crippen molar-refractivity contribution in [2.45, 2.75) is 37.9 Å². The Labute approximate surface area is 212 Å². The predicted molar refractivity (Wildman–Crippen MR) is 131 cm³/mol. The molecule has 8 nitrogen and oxygen atoms in total. The lowest BCUT2D eigenvalue weighted by molar-refractivity contribution is -0.107. The van der Waals surface area contributed by atoms with Crippen LogP contribution in [0.5, 0.6) is 0 Å². The van der Waals surface area contributed by atoms with E-state index in [0.29, 0.717) is 24.2 Å². The molecule has 1 aromatic heterocycles. The van der Waals surface area contributed by atoms with Crippen LogP contribution in [0.1, 0.15) is 30.7 Å². The number of hydrogen-bond acceptors (Lipinski definition) is 7. The number of para-hydroxylation sites is 2. The van der Waals surface area contributed by atoms with Crippen LogP contribution in [0.2, 0.25) is 0 Å². The number of benzene rings is 2. The zero-order valence-electron chi connectivity index (χ0n) is 20.4. The van der Waals surface area contributed by atoms with E-state index < -0.39 is 18.1 Å². The molecule has 2 aliphatic rings. The van der Waals surface area contributed by atoms with Gasteiger partial charge < -0.3 is 19.0 Å².